The summed E-state index contributed by atoms with van der Waals surface area (Å²) in [5.41, 5.74) is 0.778. The van der Waals surface area contributed by atoms with Crippen molar-refractivity contribution in [3.05, 3.63) is 54.2 Å². The van der Waals surface area contributed by atoms with Crippen LogP contribution < -0.4 is 0 Å². The number of aromatic nitrogens is 1. The largest absolute Gasteiger partial charge is 0.411 e. The van der Waals surface area contributed by atoms with Gasteiger partial charge in [0.15, 0.2) is 0 Å². The highest BCUT2D eigenvalue weighted by Crippen LogP contribution is 2.24. The van der Waals surface area contributed by atoms with Gasteiger partial charge in [0.2, 0.25) is 0 Å². The van der Waals surface area contributed by atoms with Gasteiger partial charge in [0.25, 0.3) is 0 Å². The maximum Gasteiger partial charge on any atom is 0.101 e. The van der Waals surface area contributed by atoms with Crippen LogP contribution in [0.3, 0.4) is 0 Å². The van der Waals surface area contributed by atoms with Gasteiger partial charge in [-0.2, -0.15) is 0 Å². The van der Waals surface area contributed by atoms with Crippen molar-refractivity contribution in [2.75, 3.05) is 0 Å². The van der Waals surface area contributed by atoms with Crippen molar-refractivity contribution in [2.24, 2.45) is 5.16 Å². The molecule has 80 valence electrons. The van der Waals surface area contributed by atoms with Crippen LogP contribution in [0.4, 0.5) is 0 Å². The van der Waals surface area contributed by atoms with Gasteiger partial charge in [-0.05, 0) is 24.3 Å². The minimum atomic E-state index is 0.778. The number of oxime groups is 1. The van der Waals surface area contributed by atoms with E-state index in [1.807, 2.05) is 42.5 Å². The molecule has 0 atom stereocenters. The van der Waals surface area contributed by atoms with E-state index in [4.69, 9.17) is 5.21 Å². The van der Waals surface area contributed by atoms with Crippen LogP contribution in [0.15, 0.2) is 63.7 Å². The molecule has 0 aliphatic carbocycles. The average Bonchev–Trinajstić information content (AvgIpc) is 2.33. The fourth-order valence-corrected chi connectivity index (χ4v) is 1.98. The SMILES string of the molecule is ON=Cc1ccc(Sc2ccccc2)nc1. The van der Waals surface area contributed by atoms with Crippen molar-refractivity contribution in [1.82, 2.24) is 4.98 Å². The molecule has 1 heterocycles. The highest BCUT2D eigenvalue weighted by atomic mass is 32.2. The zero-order valence-corrected chi connectivity index (χ0v) is 9.26. The maximum atomic E-state index is 8.36. The number of hydrogen-bond donors (Lipinski definition) is 1. The van der Waals surface area contributed by atoms with Crippen LogP contribution in [0.5, 0.6) is 0 Å². The van der Waals surface area contributed by atoms with Gasteiger partial charge in [0.05, 0.1) is 6.21 Å². The Morgan fingerprint density at radius 2 is 1.94 bits per heavy atom. The molecule has 0 aliphatic rings. The van der Waals surface area contributed by atoms with Crippen molar-refractivity contribution in [2.45, 2.75) is 9.92 Å². The van der Waals surface area contributed by atoms with Crippen molar-refractivity contribution in [3.63, 3.8) is 0 Å². The quantitative estimate of drug-likeness (QED) is 0.501. The second-order valence-corrected chi connectivity index (χ2v) is 4.18. The van der Waals surface area contributed by atoms with Gasteiger partial charge in [-0.3, -0.25) is 0 Å². The smallest absolute Gasteiger partial charge is 0.101 e. The third-order valence-electron chi connectivity index (χ3n) is 1.93. The van der Waals surface area contributed by atoms with E-state index in [9.17, 15) is 0 Å². The number of hydrogen-bond acceptors (Lipinski definition) is 4. The fraction of sp³-hybridized carbons (Fsp3) is 0. The zero-order valence-electron chi connectivity index (χ0n) is 8.45. The lowest BCUT2D eigenvalue weighted by atomic mass is 10.3. The Kier molecular flexibility index (Phi) is 3.56. The number of nitrogens with zero attached hydrogens (tertiary/aromatic N) is 2. The summed E-state index contributed by atoms with van der Waals surface area (Å²) in [6, 6.07) is 13.8. The highest BCUT2D eigenvalue weighted by Gasteiger charge is 1.97. The molecule has 4 heteroatoms. The van der Waals surface area contributed by atoms with Gasteiger partial charge in [0.1, 0.15) is 5.03 Å². The van der Waals surface area contributed by atoms with E-state index in [1.165, 1.54) is 6.21 Å². The van der Waals surface area contributed by atoms with Crippen molar-refractivity contribution in [1.29, 1.82) is 0 Å². The first-order valence-corrected chi connectivity index (χ1v) is 5.56. The highest BCUT2D eigenvalue weighted by molar-refractivity contribution is 7.99. The monoisotopic (exact) mass is 230 g/mol. The van der Waals surface area contributed by atoms with Gasteiger partial charge >= 0.3 is 0 Å². The van der Waals surface area contributed by atoms with Gasteiger partial charge in [-0.1, -0.05) is 35.1 Å². The van der Waals surface area contributed by atoms with Crippen LogP contribution >= 0.6 is 11.8 Å². The lowest BCUT2D eigenvalue weighted by molar-refractivity contribution is 0.322. The molecule has 1 aromatic carbocycles. The molecule has 0 fully saturated rings. The summed E-state index contributed by atoms with van der Waals surface area (Å²) < 4.78 is 0. The summed E-state index contributed by atoms with van der Waals surface area (Å²) in [6.07, 6.45) is 3.02. The summed E-state index contributed by atoms with van der Waals surface area (Å²) in [6.45, 7) is 0. The Hall–Kier alpha value is -1.81. The standard InChI is InChI=1S/C12H10N2OS/c15-14-9-10-6-7-12(13-8-10)16-11-4-2-1-3-5-11/h1-9,15H. The lowest BCUT2D eigenvalue weighted by Crippen LogP contribution is -1.85. The van der Waals surface area contributed by atoms with Crippen molar-refractivity contribution >= 4 is 18.0 Å². The third-order valence-corrected chi connectivity index (χ3v) is 2.89. The van der Waals surface area contributed by atoms with Crippen molar-refractivity contribution in [3.8, 4) is 0 Å². The molecule has 1 N–H and O–H groups in total. The summed E-state index contributed by atoms with van der Waals surface area (Å²) in [5.74, 6) is 0. The molecule has 0 radical (unpaired) electrons. The molecule has 1 aromatic heterocycles. The Labute approximate surface area is 97.8 Å². The Bertz CT molecular complexity index is 468. The second kappa shape index (κ2) is 5.32. The summed E-state index contributed by atoms with van der Waals surface area (Å²) >= 11 is 1.60. The van der Waals surface area contributed by atoms with E-state index in [0.717, 1.165) is 15.5 Å². The molecule has 2 aromatic rings. The third kappa shape index (κ3) is 2.84. The first-order chi connectivity index (χ1) is 7.88. The Morgan fingerprint density at radius 3 is 2.56 bits per heavy atom. The predicted octanol–water partition coefficient (Wildman–Crippen LogP) is 3.04. The fourth-order valence-electron chi connectivity index (χ4n) is 1.20. The number of rotatable bonds is 3. The molecule has 0 spiro atoms. The van der Waals surface area contributed by atoms with Crippen LogP contribution in [-0.4, -0.2) is 16.4 Å². The lowest BCUT2D eigenvalue weighted by Gasteiger charge is -2.00. The van der Waals surface area contributed by atoms with Crippen LogP contribution in [0.1, 0.15) is 5.56 Å². The molecular formula is C12H10N2OS. The van der Waals surface area contributed by atoms with E-state index in [1.54, 1.807) is 18.0 Å². The van der Waals surface area contributed by atoms with Crippen LogP contribution in [0.2, 0.25) is 0 Å². The molecule has 2 rings (SSSR count). The Balaban J connectivity index is 2.11. The van der Waals surface area contributed by atoms with Crippen LogP contribution in [0.25, 0.3) is 0 Å². The second-order valence-electron chi connectivity index (χ2n) is 3.09. The van der Waals surface area contributed by atoms with Gasteiger partial charge in [0, 0.05) is 16.7 Å². The predicted molar refractivity (Wildman–Crippen MR) is 64.2 cm³/mol. The molecule has 0 unspecified atom stereocenters. The van der Waals surface area contributed by atoms with Crippen LogP contribution in [-0.2, 0) is 0 Å². The molecule has 0 saturated carbocycles. The topological polar surface area (TPSA) is 45.5 Å². The molecule has 0 amide bonds. The number of pyridine rings is 1. The van der Waals surface area contributed by atoms with Gasteiger partial charge in [-0.15, -0.1) is 0 Å². The van der Waals surface area contributed by atoms with Crippen LogP contribution in [0, 0.1) is 0 Å². The molecule has 0 saturated heterocycles. The molecular weight excluding hydrogens is 220 g/mol. The molecule has 16 heavy (non-hydrogen) atoms. The minimum absolute atomic E-state index is 0.778. The summed E-state index contributed by atoms with van der Waals surface area (Å²) in [5, 5.41) is 12.2. The maximum absolute atomic E-state index is 8.36. The average molecular weight is 230 g/mol. The number of benzene rings is 1. The van der Waals surface area contributed by atoms with Crippen molar-refractivity contribution < 1.29 is 5.21 Å². The minimum Gasteiger partial charge on any atom is -0.411 e. The molecule has 3 nitrogen and oxygen atoms in total. The molecule has 0 aliphatic heterocycles. The molecule has 0 bridgehead atoms. The van der Waals surface area contributed by atoms with E-state index in [2.05, 4.69) is 10.1 Å². The first-order valence-electron chi connectivity index (χ1n) is 4.75. The van der Waals surface area contributed by atoms with E-state index in [-0.39, 0.29) is 0 Å². The first kappa shape index (κ1) is 10.7. The van der Waals surface area contributed by atoms with Gasteiger partial charge in [-0.25, -0.2) is 4.98 Å². The summed E-state index contributed by atoms with van der Waals surface area (Å²) in [7, 11) is 0. The summed E-state index contributed by atoms with van der Waals surface area (Å²) in [4.78, 5) is 5.40. The zero-order chi connectivity index (χ0) is 11.2. The van der Waals surface area contributed by atoms with E-state index in [0.29, 0.717) is 0 Å². The van der Waals surface area contributed by atoms with Gasteiger partial charge < -0.3 is 5.21 Å². The normalized spacial score (nSPS) is 10.8. The van der Waals surface area contributed by atoms with E-state index < -0.39 is 0 Å². The van der Waals surface area contributed by atoms with E-state index >= 15 is 0 Å². The Morgan fingerprint density at radius 1 is 1.12 bits per heavy atom.